The Bertz CT molecular complexity index is 823. The third kappa shape index (κ3) is 4.20. The first kappa shape index (κ1) is 16.2. The molecule has 3 heterocycles. The fraction of sp³-hybridized carbons (Fsp3) is 0.176. The maximum atomic E-state index is 4.41. The minimum Gasteiger partial charge on any atom is -0.325 e. The Morgan fingerprint density at radius 1 is 0.958 bits per heavy atom. The molecule has 0 unspecified atom stereocenters. The van der Waals surface area contributed by atoms with Crippen LogP contribution in [0.25, 0.3) is 0 Å². The molecule has 0 radical (unpaired) electrons. The number of rotatable bonds is 6. The maximum absolute atomic E-state index is 4.41. The highest BCUT2D eigenvalue weighted by Gasteiger charge is 2.06. The summed E-state index contributed by atoms with van der Waals surface area (Å²) in [6.07, 6.45) is 5.35. The lowest BCUT2D eigenvalue weighted by Gasteiger charge is -2.10. The minimum absolute atomic E-state index is 0.674. The van der Waals surface area contributed by atoms with Gasteiger partial charge in [0.2, 0.25) is 0 Å². The van der Waals surface area contributed by atoms with Gasteiger partial charge in [-0.15, -0.1) is 0 Å². The van der Waals surface area contributed by atoms with Crippen molar-refractivity contribution in [3.63, 3.8) is 0 Å². The van der Waals surface area contributed by atoms with Crippen LogP contribution in [0.1, 0.15) is 11.3 Å². The van der Waals surface area contributed by atoms with Crippen LogP contribution in [0, 0.1) is 6.92 Å². The standard InChI is InChI=1S/C17H18N6S/c1-12-5-3-7-14(21-12)22-15-9-16(20-11-19-15)23-17-13(10-24-2)6-4-8-18-17/h3-9,11H,10H2,1-2H3,(H2,18,19,20,21,22,23). The Labute approximate surface area is 145 Å². The summed E-state index contributed by atoms with van der Waals surface area (Å²) in [5.74, 6) is 3.81. The van der Waals surface area contributed by atoms with E-state index in [9.17, 15) is 0 Å². The third-order valence-electron chi connectivity index (χ3n) is 3.25. The molecule has 0 saturated carbocycles. The van der Waals surface area contributed by atoms with E-state index < -0.39 is 0 Å². The Hall–Kier alpha value is -2.67. The van der Waals surface area contributed by atoms with Gasteiger partial charge in [-0.2, -0.15) is 11.8 Å². The van der Waals surface area contributed by atoms with E-state index in [1.807, 2.05) is 37.3 Å². The van der Waals surface area contributed by atoms with Gasteiger partial charge in [0.15, 0.2) is 0 Å². The first-order chi connectivity index (χ1) is 11.7. The predicted molar refractivity (Wildman–Crippen MR) is 99.0 cm³/mol. The normalized spacial score (nSPS) is 10.4. The van der Waals surface area contributed by atoms with E-state index in [1.165, 1.54) is 6.33 Å². The van der Waals surface area contributed by atoms with E-state index >= 15 is 0 Å². The quantitative estimate of drug-likeness (QED) is 0.705. The summed E-state index contributed by atoms with van der Waals surface area (Å²) in [7, 11) is 0. The number of nitrogens with zero attached hydrogens (tertiary/aromatic N) is 4. The van der Waals surface area contributed by atoms with Crippen LogP contribution in [-0.2, 0) is 5.75 Å². The highest BCUT2D eigenvalue weighted by atomic mass is 32.2. The molecule has 3 aromatic rings. The van der Waals surface area contributed by atoms with Crippen LogP contribution in [0.5, 0.6) is 0 Å². The average molecular weight is 338 g/mol. The molecule has 0 atom stereocenters. The number of thioether (sulfide) groups is 1. The van der Waals surface area contributed by atoms with Crippen molar-refractivity contribution in [1.82, 2.24) is 19.9 Å². The van der Waals surface area contributed by atoms with Crippen molar-refractivity contribution in [1.29, 1.82) is 0 Å². The molecule has 3 aromatic heterocycles. The zero-order valence-corrected chi connectivity index (χ0v) is 14.3. The third-order valence-corrected chi connectivity index (χ3v) is 3.85. The van der Waals surface area contributed by atoms with Gasteiger partial charge >= 0.3 is 0 Å². The SMILES string of the molecule is CSCc1cccnc1Nc1cc(Nc2cccc(C)n2)ncn1. The van der Waals surface area contributed by atoms with Gasteiger partial charge in [0.05, 0.1) is 0 Å². The lowest BCUT2D eigenvalue weighted by atomic mass is 10.3. The van der Waals surface area contributed by atoms with Gasteiger partial charge in [-0.1, -0.05) is 12.1 Å². The number of aryl methyl sites for hydroxylation is 1. The summed E-state index contributed by atoms with van der Waals surface area (Å²) in [6.45, 7) is 1.95. The van der Waals surface area contributed by atoms with Crippen molar-refractivity contribution < 1.29 is 0 Å². The fourth-order valence-corrected chi connectivity index (χ4v) is 2.73. The van der Waals surface area contributed by atoms with Crippen LogP contribution in [-0.4, -0.2) is 26.2 Å². The van der Waals surface area contributed by atoms with Crippen LogP contribution in [0.2, 0.25) is 0 Å². The number of pyridine rings is 2. The highest BCUT2D eigenvalue weighted by Crippen LogP contribution is 2.22. The number of hydrogen-bond acceptors (Lipinski definition) is 7. The van der Waals surface area contributed by atoms with Crippen LogP contribution in [0.3, 0.4) is 0 Å². The topological polar surface area (TPSA) is 75.6 Å². The maximum Gasteiger partial charge on any atom is 0.137 e. The number of anilines is 4. The Morgan fingerprint density at radius 3 is 2.58 bits per heavy atom. The van der Waals surface area contributed by atoms with Crippen LogP contribution in [0.4, 0.5) is 23.3 Å². The van der Waals surface area contributed by atoms with Crippen LogP contribution >= 0.6 is 11.8 Å². The van der Waals surface area contributed by atoms with Crippen molar-refractivity contribution in [3.8, 4) is 0 Å². The summed E-state index contributed by atoms with van der Waals surface area (Å²) in [5.41, 5.74) is 2.08. The molecule has 122 valence electrons. The van der Waals surface area contributed by atoms with Crippen molar-refractivity contribution >= 4 is 35.0 Å². The van der Waals surface area contributed by atoms with E-state index in [-0.39, 0.29) is 0 Å². The van der Waals surface area contributed by atoms with Gasteiger partial charge in [-0.05, 0) is 31.4 Å². The van der Waals surface area contributed by atoms with Crippen molar-refractivity contribution in [2.24, 2.45) is 0 Å². The first-order valence-corrected chi connectivity index (χ1v) is 8.86. The number of hydrogen-bond donors (Lipinski definition) is 2. The molecule has 6 nitrogen and oxygen atoms in total. The number of nitrogens with one attached hydrogen (secondary N) is 2. The molecule has 3 rings (SSSR count). The monoisotopic (exact) mass is 338 g/mol. The Kier molecular flexibility index (Phi) is 5.22. The fourth-order valence-electron chi connectivity index (χ4n) is 2.18. The van der Waals surface area contributed by atoms with Gasteiger partial charge in [-0.3, -0.25) is 0 Å². The zero-order valence-electron chi connectivity index (χ0n) is 13.5. The van der Waals surface area contributed by atoms with Gasteiger partial charge in [-0.25, -0.2) is 19.9 Å². The van der Waals surface area contributed by atoms with Gasteiger partial charge in [0.1, 0.15) is 29.6 Å². The van der Waals surface area contributed by atoms with Crippen LogP contribution in [0.15, 0.2) is 48.9 Å². The van der Waals surface area contributed by atoms with Crippen molar-refractivity contribution in [2.45, 2.75) is 12.7 Å². The lowest BCUT2D eigenvalue weighted by Crippen LogP contribution is -2.02. The molecule has 0 spiro atoms. The molecule has 0 saturated heterocycles. The molecule has 0 fully saturated rings. The summed E-state index contributed by atoms with van der Waals surface area (Å²) >= 11 is 1.75. The Morgan fingerprint density at radius 2 is 1.79 bits per heavy atom. The second-order valence-corrected chi connectivity index (χ2v) is 6.01. The molecular weight excluding hydrogens is 320 g/mol. The van der Waals surface area contributed by atoms with E-state index in [2.05, 4.69) is 42.9 Å². The van der Waals surface area contributed by atoms with E-state index in [0.29, 0.717) is 11.6 Å². The van der Waals surface area contributed by atoms with Gasteiger partial charge in [0, 0.05) is 29.3 Å². The predicted octanol–water partition coefficient (Wildman–Crippen LogP) is 3.93. The molecule has 0 aliphatic heterocycles. The minimum atomic E-state index is 0.674. The molecule has 0 aliphatic carbocycles. The Balaban J connectivity index is 1.78. The summed E-state index contributed by atoms with van der Waals surface area (Å²) in [4.78, 5) is 17.3. The molecule has 2 N–H and O–H groups in total. The molecule has 7 heteroatoms. The van der Waals surface area contributed by atoms with E-state index in [0.717, 1.165) is 28.6 Å². The van der Waals surface area contributed by atoms with Crippen LogP contribution < -0.4 is 10.6 Å². The van der Waals surface area contributed by atoms with Gasteiger partial charge in [0.25, 0.3) is 0 Å². The first-order valence-electron chi connectivity index (χ1n) is 7.47. The second kappa shape index (κ2) is 7.74. The highest BCUT2D eigenvalue weighted by molar-refractivity contribution is 7.97. The molecule has 0 aromatic carbocycles. The van der Waals surface area contributed by atoms with E-state index in [4.69, 9.17) is 0 Å². The largest absolute Gasteiger partial charge is 0.325 e. The molecule has 0 aliphatic rings. The lowest BCUT2D eigenvalue weighted by molar-refractivity contribution is 1.13. The molecular formula is C17H18N6S. The molecule has 0 amide bonds. The number of aromatic nitrogens is 4. The molecule has 0 bridgehead atoms. The zero-order chi connectivity index (χ0) is 16.8. The average Bonchev–Trinajstić information content (AvgIpc) is 2.57. The summed E-state index contributed by atoms with van der Waals surface area (Å²) in [5, 5.41) is 6.44. The molecule has 24 heavy (non-hydrogen) atoms. The van der Waals surface area contributed by atoms with E-state index in [1.54, 1.807) is 18.0 Å². The second-order valence-electron chi connectivity index (χ2n) is 5.15. The van der Waals surface area contributed by atoms with Crippen molar-refractivity contribution in [3.05, 3.63) is 60.2 Å². The summed E-state index contributed by atoms with van der Waals surface area (Å²) in [6, 6.07) is 11.6. The summed E-state index contributed by atoms with van der Waals surface area (Å²) < 4.78 is 0. The van der Waals surface area contributed by atoms with Crippen molar-refractivity contribution in [2.75, 3.05) is 16.9 Å². The smallest absolute Gasteiger partial charge is 0.137 e. The van der Waals surface area contributed by atoms with Gasteiger partial charge < -0.3 is 10.6 Å².